The van der Waals surface area contributed by atoms with Gasteiger partial charge in [0, 0.05) is 34.1 Å². The molecule has 2 aromatic heterocycles. The Hall–Kier alpha value is -3.37. The van der Waals surface area contributed by atoms with Gasteiger partial charge in [-0.05, 0) is 57.2 Å². The monoisotopic (exact) mass is 447 g/mol. The minimum Gasteiger partial charge on any atom is -0.462 e. The Morgan fingerprint density at radius 1 is 1.28 bits per heavy atom. The Balaban J connectivity index is 1.71. The summed E-state index contributed by atoms with van der Waals surface area (Å²) in [6.45, 7) is 3.99. The molecule has 0 saturated heterocycles. The van der Waals surface area contributed by atoms with Crippen molar-refractivity contribution >= 4 is 45.2 Å². The largest absolute Gasteiger partial charge is 0.462 e. The first-order valence-corrected chi connectivity index (χ1v) is 11.6. The third-order valence-electron chi connectivity index (χ3n) is 5.98. The van der Waals surface area contributed by atoms with E-state index in [1.807, 2.05) is 48.9 Å². The summed E-state index contributed by atoms with van der Waals surface area (Å²) >= 11 is 1.41. The number of anilines is 1. The number of nitriles is 1. The highest BCUT2D eigenvalue weighted by atomic mass is 32.1. The van der Waals surface area contributed by atoms with Gasteiger partial charge >= 0.3 is 5.97 Å². The van der Waals surface area contributed by atoms with Crippen molar-refractivity contribution in [1.29, 1.82) is 5.26 Å². The molecule has 0 bridgehead atoms. The highest BCUT2D eigenvalue weighted by Gasteiger charge is 2.28. The Morgan fingerprint density at radius 3 is 2.78 bits per heavy atom. The minimum absolute atomic E-state index is 0.00867. The van der Waals surface area contributed by atoms with Crippen molar-refractivity contribution in [2.24, 2.45) is 7.05 Å². The van der Waals surface area contributed by atoms with Crippen LogP contribution in [-0.2, 0) is 29.4 Å². The molecule has 0 atom stereocenters. The van der Waals surface area contributed by atoms with E-state index in [1.54, 1.807) is 13.0 Å². The van der Waals surface area contributed by atoms with Crippen LogP contribution in [0, 0.1) is 18.3 Å². The fourth-order valence-electron chi connectivity index (χ4n) is 4.27. The first-order chi connectivity index (χ1) is 15.5. The zero-order valence-electron chi connectivity index (χ0n) is 18.4. The van der Waals surface area contributed by atoms with Crippen molar-refractivity contribution in [3.63, 3.8) is 0 Å². The molecule has 4 rings (SSSR count). The maximum absolute atomic E-state index is 13.1. The van der Waals surface area contributed by atoms with Crippen LogP contribution in [0.2, 0.25) is 0 Å². The van der Waals surface area contributed by atoms with E-state index >= 15 is 0 Å². The molecule has 7 heteroatoms. The smallest absolute Gasteiger partial charge is 0.341 e. The molecule has 0 radical (unpaired) electrons. The van der Waals surface area contributed by atoms with Gasteiger partial charge in [-0.2, -0.15) is 5.26 Å². The number of esters is 1. The molecule has 1 aromatic carbocycles. The number of ether oxygens (including phenoxy) is 1. The van der Waals surface area contributed by atoms with Gasteiger partial charge in [-0.25, -0.2) is 4.79 Å². The number of aryl methyl sites for hydroxylation is 2. The lowest BCUT2D eigenvalue weighted by Gasteiger charge is -2.12. The maximum atomic E-state index is 13.1. The maximum Gasteiger partial charge on any atom is 0.341 e. The molecular formula is C25H25N3O3S. The van der Waals surface area contributed by atoms with Crippen LogP contribution in [0.25, 0.3) is 17.0 Å². The van der Waals surface area contributed by atoms with Crippen LogP contribution < -0.4 is 5.32 Å². The lowest BCUT2D eigenvalue weighted by molar-refractivity contribution is -0.112. The Kier molecular flexibility index (Phi) is 6.15. The number of nitrogens with one attached hydrogen (secondary N) is 1. The highest BCUT2D eigenvalue weighted by Crippen LogP contribution is 2.39. The average molecular weight is 448 g/mol. The van der Waals surface area contributed by atoms with Crippen molar-refractivity contribution in [2.75, 3.05) is 11.9 Å². The fourth-order valence-corrected chi connectivity index (χ4v) is 5.54. The predicted octanol–water partition coefficient (Wildman–Crippen LogP) is 5.15. The van der Waals surface area contributed by atoms with Crippen molar-refractivity contribution in [3.05, 3.63) is 57.1 Å². The second-order valence-electron chi connectivity index (χ2n) is 7.83. The summed E-state index contributed by atoms with van der Waals surface area (Å²) in [5, 5.41) is 14.0. The second kappa shape index (κ2) is 9.01. The van der Waals surface area contributed by atoms with Crippen LogP contribution in [-0.4, -0.2) is 23.1 Å². The van der Waals surface area contributed by atoms with Gasteiger partial charge < -0.3 is 14.6 Å². The van der Waals surface area contributed by atoms with Gasteiger partial charge in [-0.1, -0.05) is 18.2 Å². The summed E-state index contributed by atoms with van der Waals surface area (Å²) in [6.07, 6.45) is 5.38. The molecule has 2 heterocycles. The number of para-hydroxylation sites is 1. The number of benzene rings is 1. The molecule has 0 saturated carbocycles. The van der Waals surface area contributed by atoms with Crippen molar-refractivity contribution < 1.29 is 14.3 Å². The quantitative estimate of drug-likeness (QED) is 0.333. The number of hydrogen-bond acceptors (Lipinski definition) is 5. The van der Waals surface area contributed by atoms with Gasteiger partial charge in [0.1, 0.15) is 16.6 Å². The Labute approximate surface area is 191 Å². The molecule has 1 aliphatic rings. The first-order valence-electron chi connectivity index (χ1n) is 10.7. The first kappa shape index (κ1) is 21.8. The second-order valence-corrected chi connectivity index (χ2v) is 8.94. The summed E-state index contributed by atoms with van der Waals surface area (Å²) in [7, 11) is 1.96. The zero-order chi connectivity index (χ0) is 22.8. The summed E-state index contributed by atoms with van der Waals surface area (Å²) in [6, 6.07) is 9.92. The molecule has 0 unspecified atom stereocenters. The zero-order valence-corrected chi connectivity index (χ0v) is 19.3. The molecule has 0 fully saturated rings. The number of fused-ring (bicyclic) bond motifs is 2. The SMILES string of the molecule is CCOC(=O)c1c(NC(=O)C(C#N)=Cc2c(C)n(C)c3ccccc23)sc2c1CCCC2. The van der Waals surface area contributed by atoms with Gasteiger partial charge in [0.25, 0.3) is 5.91 Å². The number of aromatic nitrogens is 1. The predicted molar refractivity (Wildman–Crippen MR) is 127 cm³/mol. The van der Waals surface area contributed by atoms with Gasteiger partial charge in [-0.3, -0.25) is 4.79 Å². The summed E-state index contributed by atoms with van der Waals surface area (Å²) in [5.41, 5.74) is 4.24. The fraction of sp³-hybridized carbons (Fsp3) is 0.320. The molecule has 1 aliphatic carbocycles. The number of hydrogen-bond donors (Lipinski definition) is 1. The number of rotatable bonds is 5. The molecule has 6 nitrogen and oxygen atoms in total. The number of carbonyl (C=O) groups excluding carboxylic acids is 2. The molecule has 32 heavy (non-hydrogen) atoms. The van der Waals surface area contributed by atoms with E-state index in [2.05, 4.69) is 5.32 Å². The van der Waals surface area contributed by atoms with Crippen LogP contribution >= 0.6 is 11.3 Å². The third kappa shape index (κ3) is 3.82. The molecule has 1 amide bonds. The Bertz CT molecular complexity index is 1290. The van der Waals surface area contributed by atoms with Crippen molar-refractivity contribution in [3.8, 4) is 6.07 Å². The number of nitrogens with zero attached hydrogens (tertiary/aromatic N) is 2. The molecule has 0 aliphatic heterocycles. The standard InChI is InChI=1S/C25H25N3O3S/c1-4-31-25(30)22-18-10-6-8-12-21(18)32-24(22)27-23(29)16(14-26)13-19-15(2)28(3)20-11-7-5-9-17(19)20/h5,7,9,11,13H,4,6,8,10,12H2,1-3H3,(H,27,29). The van der Waals surface area contributed by atoms with E-state index in [0.29, 0.717) is 10.6 Å². The molecule has 1 N–H and O–H groups in total. The van der Waals surface area contributed by atoms with E-state index in [0.717, 1.165) is 58.3 Å². The van der Waals surface area contributed by atoms with Gasteiger partial charge in [0.05, 0.1) is 12.2 Å². The van der Waals surface area contributed by atoms with Crippen LogP contribution in [0.4, 0.5) is 5.00 Å². The number of amides is 1. The number of carbonyl (C=O) groups is 2. The summed E-state index contributed by atoms with van der Waals surface area (Å²) in [4.78, 5) is 26.9. The van der Waals surface area contributed by atoms with Crippen LogP contribution in [0.1, 0.15) is 51.8 Å². The number of thiophene rings is 1. The molecule has 3 aromatic rings. The lowest BCUT2D eigenvalue weighted by atomic mass is 9.95. The van der Waals surface area contributed by atoms with Crippen LogP contribution in [0.3, 0.4) is 0 Å². The van der Waals surface area contributed by atoms with Gasteiger partial charge in [0.2, 0.25) is 0 Å². The summed E-state index contributed by atoms with van der Waals surface area (Å²) < 4.78 is 7.30. The molecular weight excluding hydrogens is 422 g/mol. The highest BCUT2D eigenvalue weighted by molar-refractivity contribution is 7.17. The minimum atomic E-state index is -0.524. The van der Waals surface area contributed by atoms with E-state index in [1.165, 1.54) is 11.3 Å². The topological polar surface area (TPSA) is 84.1 Å². The van der Waals surface area contributed by atoms with Gasteiger partial charge in [0.15, 0.2) is 0 Å². The molecule has 0 spiro atoms. The average Bonchev–Trinajstić information content (AvgIpc) is 3.27. The normalized spacial score (nSPS) is 13.5. The van der Waals surface area contributed by atoms with E-state index in [-0.39, 0.29) is 12.2 Å². The lowest BCUT2D eigenvalue weighted by Crippen LogP contribution is -2.16. The summed E-state index contributed by atoms with van der Waals surface area (Å²) in [5.74, 6) is -0.946. The molecule has 164 valence electrons. The van der Waals surface area contributed by atoms with Crippen molar-refractivity contribution in [2.45, 2.75) is 39.5 Å². The van der Waals surface area contributed by atoms with Gasteiger partial charge in [-0.15, -0.1) is 11.3 Å². The van der Waals surface area contributed by atoms with E-state index in [4.69, 9.17) is 4.74 Å². The van der Waals surface area contributed by atoms with E-state index < -0.39 is 11.9 Å². The van der Waals surface area contributed by atoms with Crippen LogP contribution in [0.15, 0.2) is 29.8 Å². The Morgan fingerprint density at radius 2 is 2.03 bits per heavy atom. The third-order valence-corrected chi connectivity index (χ3v) is 7.19. The van der Waals surface area contributed by atoms with E-state index in [9.17, 15) is 14.9 Å². The van der Waals surface area contributed by atoms with Crippen molar-refractivity contribution in [1.82, 2.24) is 4.57 Å². The van der Waals surface area contributed by atoms with Crippen LogP contribution in [0.5, 0.6) is 0 Å².